The molecule has 0 aliphatic heterocycles. The average molecular weight is 263 g/mol. The summed E-state index contributed by atoms with van der Waals surface area (Å²) in [5.41, 5.74) is 0.846. The maximum absolute atomic E-state index is 11.4. The number of halogens is 1. The number of hydrogen-bond donors (Lipinski definition) is 0. The highest BCUT2D eigenvalue weighted by Gasteiger charge is 2.23. The van der Waals surface area contributed by atoms with Gasteiger partial charge >= 0.3 is 21.3 Å². The van der Waals surface area contributed by atoms with E-state index in [4.69, 9.17) is 11.6 Å². The van der Waals surface area contributed by atoms with Gasteiger partial charge in [0.1, 0.15) is 4.90 Å². The Bertz CT molecular complexity index is 517. The normalized spacial score (nSPS) is 10.9. The van der Waals surface area contributed by atoms with Gasteiger partial charge in [0.15, 0.2) is 0 Å². The second-order valence-electron chi connectivity index (χ2n) is 2.91. The van der Waals surface area contributed by atoms with E-state index >= 15 is 0 Å². The molecular formula is C9H7ClO5S. The number of rotatable bonds is 3. The standard InChI is InChI=1S/C9H7ClO5S/c1-6-2-4-7(5-3-6)16(13,14)15-9(12)8(10)11/h2-5H,1H3. The summed E-state index contributed by atoms with van der Waals surface area (Å²) in [5.74, 6) is -1.62. The van der Waals surface area contributed by atoms with Crippen molar-refractivity contribution in [1.29, 1.82) is 0 Å². The molecule has 0 aromatic heterocycles. The van der Waals surface area contributed by atoms with Crippen molar-refractivity contribution in [2.45, 2.75) is 11.8 Å². The first-order valence-corrected chi connectivity index (χ1v) is 5.86. The highest BCUT2D eigenvalue weighted by molar-refractivity contribution is 7.87. The smallest absolute Gasteiger partial charge is 0.334 e. The summed E-state index contributed by atoms with van der Waals surface area (Å²) in [7, 11) is -4.28. The highest BCUT2D eigenvalue weighted by Crippen LogP contribution is 2.13. The van der Waals surface area contributed by atoms with Gasteiger partial charge in [-0.2, -0.15) is 8.42 Å². The van der Waals surface area contributed by atoms with Gasteiger partial charge in [-0.1, -0.05) is 17.7 Å². The predicted octanol–water partition coefficient (Wildman–Crippen LogP) is 0.992. The van der Waals surface area contributed by atoms with Crippen molar-refractivity contribution in [2.24, 2.45) is 0 Å². The molecular weight excluding hydrogens is 256 g/mol. The van der Waals surface area contributed by atoms with Gasteiger partial charge in [-0.15, -0.1) is 0 Å². The lowest BCUT2D eigenvalue weighted by Crippen LogP contribution is -2.17. The number of hydrogen-bond acceptors (Lipinski definition) is 5. The quantitative estimate of drug-likeness (QED) is 0.461. The van der Waals surface area contributed by atoms with Crippen LogP contribution in [0.15, 0.2) is 29.2 Å². The molecule has 7 heteroatoms. The fourth-order valence-corrected chi connectivity index (χ4v) is 1.81. The van der Waals surface area contributed by atoms with E-state index in [1.54, 1.807) is 6.92 Å². The Morgan fingerprint density at radius 3 is 2.12 bits per heavy atom. The molecule has 0 radical (unpaired) electrons. The van der Waals surface area contributed by atoms with Crippen molar-refractivity contribution in [3.63, 3.8) is 0 Å². The molecule has 0 atom stereocenters. The number of carbonyl (C=O) groups excluding carboxylic acids is 2. The average Bonchev–Trinajstić information content (AvgIpc) is 2.17. The first kappa shape index (κ1) is 12.7. The van der Waals surface area contributed by atoms with Crippen molar-refractivity contribution in [3.8, 4) is 0 Å². The molecule has 0 heterocycles. The molecule has 0 unspecified atom stereocenters. The molecule has 86 valence electrons. The fourth-order valence-electron chi connectivity index (χ4n) is 0.885. The topological polar surface area (TPSA) is 77.5 Å². The van der Waals surface area contributed by atoms with Crippen LogP contribution in [0.2, 0.25) is 0 Å². The first-order chi connectivity index (χ1) is 7.33. The minimum atomic E-state index is -4.28. The van der Waals surface area contributed by atoms with Crippen molar-refractivity contribution >= 4 is 32.9 Å². The zero-order valence-corrected chi connectivity index (χ0v) is 9.71. The Labute approximate surface area is 97.1 Å². The summed E-state index contributed by atoms with van der Waals surface area (Å²) >= 11 is 4.77. The third kappa shape index (κ3) is 3.04. The fraction of sp³-hybridized carbons (Fsp3) is 0.111. The van der Waals surface area contributed by atoms with E-state index in [1.165, 1.54) is 24.3 Å². The third-order valence-electron chi connectivity index (χ3n) is 1.66. The second-order valence-corrected chi connectivity index (χ2v) is 4.80. The second kappa shape index (κ2) is 4.63. The molecule has 0 fully saturated rings. The van der Waals surface area contributed by atoms with E-state index in [9.17, 15) is 18.0 Å². The van der Waals surface area contributed by atoms with Gasteiger partial charge in [0.25, 0.3) is 0 Å². The van der Waals surface area contributed by atoms with Crippen LogP contribution in [-0.2, 0) is 23.9 Å². The molecule has 1 aromatic rings. The van der Waals surface area contributed by atoms with Gasteiger partial charge in [-0.3, -0.25) is 4.79 Å². The van der Waals surface area contributed by atoms with Gasteiger partial charge < -0.3 is 4.18 Å². The van der Waals surface area contributed by atoms with E-state index in [0.717, 1.165) is 5.56 Å². The van der Waals surface area contributed by atoms with Gasteiger partial charge in [-0.05, 0) is 30.7 Å². The summed E-state index contributed by atoms with van der Waals surface area (Å²) in [6.07, 6.45) is 0. The minimum Gasteiger partial charge on any atom is -0.334 e. The van der Waals surface area contributed by atoms with Crippen molar-refractivity contribution in [3.05, 3.63) is 29.8 Å². The van der Waals surface area contributed by atoms with Crippen LogP contribution < -0.4 is 0 Å². The van der Waals surface area contributed by atoms with Gasteiger partial charge in [0, 0.05) is 0 Å². The molecule has 1 aromatic carbocycles. The highest BCUT2D eigenvalue weighted by atomic mass is 35.5. The van der Waals surface area contributed by atoms with Crippen LogP contribution in [0.5, 0.6) is 0 Å². The van der Waals surface area contributed by atoms with Crippen LogP contribution in [0.4, 0.5) is 0 Å². The Morgan fingerprint density at radius 2 is 1.69 bits per heavy atom. The molecule has 0 saturated heterocycles. The molecule has 0 spiro atoms. The Hall–Kier alpha value is -1.40. The third-order valence-corrected chi connectivity index (χ3v) is 3.03. The van der Waals surface area contributed by atoms with Crippen LogP contribution in [-0.4, -0.2) is 19.6 Å². The zero-order chi connectivity index (χ0) is 12.3. The zero-order valence-electron chi connectivity index (χ0n) is 8.14. The van der Waals surface area contributed by atoms with E-state index in [-0.39, 0.29) is 4.90 Å². The van der Waals surface area contributed by atoms with Crippen molar-refractivity contribution < 1.29 is 22.2 Å². The van der Waals surface area contributed by atoms with Crippen LogP contribution in [0.25, 0.3) is 0 Å². The number of carbonyl (C=O) groups is 2. The summed E-state index contributed by atoms with van der Waals surface area (Å²) in [4.78, 5) is 20.8. The van der Waals surface area contributed by atoms with Gasteiger partial charge in [0.2, 0.25) is 0 Å². The maximum atomic E-state index is 11.4. The lowest BCUT2D eigenvalue weighted by Gasteiger charge is -2.03. The van der Waals surface area contributed by atoms with Crippen LogP contribution in [0.3, 0.4) is 0 Å². The molecule has 0 saturated carbocycles. The lowest BCUT2D eigenvalue weighted by molar-refractivity contribution is -0.142. The SMILES string of the molecule is Cc1ccc(S(=O)(=O)OC(=O)C(=O)Cl)cc1. The van der Waals surface area contributed by atoms with Gasteiger partial charge in [0.05, 0.1) is 0 Å². The lowest BCUT2D eigenvalue weighted by atomic mass is 10.2. The van der Waals surface area contributed by atoms with Crippen LogP contribution in [0, 0.1) is 6.92 Å². The van der Waals surface area contributed by atoms with Gasteiger partial charge in [-0.25, -0.2) is 4.79 Å². The largest absolute Gasteiger partial charge is 0.407 e. The van der Waals surface area contributed by atoms with E-state index in [2.05, 4.69) is 4.18 Å². The summed E-state index contributed by atoms with van der Waals surface area (Å²) in [6, 6.07) is 5.58. The molecule has 1 rings (SSSR count). The maximum Gasteiger partial charge on any atom is 0.407 e. The summed E-state index contributed by atoms with van der Waals surface area (Å²) in [5, 5.41) is -1.49. The monoisotopic (exact) mass is 262 g/mol. The molecule has 0 aliphatic rings. The van der Waals surface area contributed by atoms with Crippen molar-refractivity contribution in [1.82, 2.24) is 0 Å². The minimum absolute atomic E-state index is 0.218. The molecule has 0 amide bonds. The number of aryl methyl sites for hydroxylation is 1. The predicted molar refractivity (Wildman–Crippen MR) is 55.3 cm³/mol. The Kier molecular flexibility index (Phi) is 3.66. The van der Waals surface area contributed by atoms with Crippen LogP contribution in [0.1, 0.15) is 5.56 Å². The molecule has 5 nitrogen and oxygen atoms in total. The Morgan fingerprint density at radius 1 is 1.19 bits per heavy atom. The van der Waals surface area contributed by atoms with Crippen LogP contribution >= 0.6 is 11.6 Å². The first-order valence-electron chi connectivity index (χ1n) is 4.08. The van der Waals surface area contributed by atoms with E-state index in [0.29, 0.717) is 0 Å². The number of benzene rings is 1. The molecule has 0 aliphatic carbocycles. The summed E-state index contributed by atoms with van der Waals surface area (Å²) < 4.78 is 26.8. The van der Waals surface area contributed by atoms with Crippen molar-refractivity contribution in [2.75, 3.05) is 0 Å². The molecule has 0 bridgehead atoms. The summed E-state index contributed by atoms with van der Waals surface area (Å²) in [6.45, 7) is 1.77. The molecule has 0 N–H and O–H groups in total. The van der Waals surface area contributed by atoms with E-state index in [1.807, 2.05) is 0 Å². The molecule has 16 heavy (non-hydrogen) atoms. The Balaban J connectivity index is 2.99. The van der Waals surface area contributed by atoms with E-state index < -0.39 is 21.3 Å².